The first-order chi connectivity index (χ1) is 8.77. The topological polar surface area (TPSA) is 41.6 Å². The Morgan fingerprint density at radius 2 is 2.33 bits per heavy atom. The summed E-state index contributed by atoms with van der Waals surface area (Å²) in [5.74, 6) is -0.240. The molecule has 4 heteroatoms. The molecule has 0 aromatic rings. The van der Waals surface area contributed by atoms with E-state index >= 15 is 0 Å². The van der Waals surface area contributed by atoms with Gasteiger partial charge in [-0.25, -0.2) is 4.79 Å². The standard InChI is InChI=1S/C14H26N2O2/c1-3-10-16(13-7-5-9-15-12-13)11-6-8-14(17)18-4-2/h6,8,13,15H,3-5,7,9-12H2,1-2H3/b8-6+. The van der Waals surface area contributed by atoms with E-state index in [1.807, 2.05) is 13.0 Å². The summed E-state index contributed by atoms with van der Waals surface area (Å²) in [5.41, 5.74) is 0. The number of nitrogens with one attached hydrogen (secondary N) is 1. The largest absolute Gasteiger partial charge is 0.463 e. The quantitative estimate of drug-likeness (QED) is 0.553. The van der Waals surface area contributed by atoms with E-state index in [9.17, 15) is 4.79 Å². The third-order valence-electron chi connectivity index (χ3n) is 3.18. The van der Waals surface area contributed by atoms with E-state index in [1.165, 1.54) is 12.8 Å². The van der Waals surface area contributed by atoms with E-state index in [0.29, 0.717) is 12.6 Å². The van der Waals surface area contributed by atoms with Crippen LogP contribution in [0.15, 0.2) is 12.2 Å². The second kappa shape index (κ2) is 9.11. The molecule has 4 nitrogen and oxygen atoms in total. The van der Waals surface area contributed by atoms with E-state index in [1.54, 1.807) is 6.08 Å². The molecule has 1 unspecified atom stereocenters. The van der Waals surface area contributed by atoms with Crippen LogP contribution in [-0.2, 0) is 9.53 Å². The molecule has 0 amide bonds. The summed E-state index contributed by atoms with van der Waals surface area (Å²) in [6.07, 6.45) is 7.10. The molecule has 0 saturated carbocycles. The second-order valence-corrected chi connectivity index (χ2v) is 4.65. The maximum Gasteiger partial charge on any atom is 0.330 e. The molecule has 0 radical (unpaired) electrons. The molecule has 0 spiro atoms. The van der Waals surface area contributed by atoms with Crippen LogP contribution in [0, 0.1) is 0 Å². The van der Waals surface area contributed by atoms with Crippen molar-refractivity contribution in [2.75, 3.05) is 32.8 Å². The van der Waals surface area contributed by atoms with Gasteiger partial charge in [0.1, 0.15) is 0 Å². The van der Waals surface area contributed by atoms with Gasteiger partial charge < -0.3 is 10.1 Å². The molecule has 104 valence electrons. The van der Waals surface area contributed by atoms with Crippen molar-refractivity contribution in [1.82, 2.24) is 10.2 Å². The highest BCUT2D eigenvalue weighted by atomic mass is 16.5. The Balaban J connectivity index is 2.39. The molecule has 1 saturated heterocycles. The summed E-state index contributed by atoms with van der Waals surface area (Å²) in [7, 11) is 0. The predicted octanol–water partition coefficient (Wildman–Crippen LogP) is 1.57. The number of carbonyl (C=O) groups is 1. The fourth-order valence-electron chi connectivity index (χ4n) is 2.33. The highest BCUT2D eigenvalue weighted by molar-refractivity contribution is 5.81. The third kappa shape index (κ3) is 5.65. The molecule has 1 aliphatic heterocycles. The van der Waals surface area contributed by atoms with Gasteiger partial charge in [0, 0.05) is 25.2 Å². The molecule has 0 aromatic heterocycles. The van der Waals surface area contributed by atoms with Crippen molar-refractivity contribution in [1.29, 1.82) is 0 Å². The van der Waals surface area contributed by atoms with Crippen LogP contribution in [-0.4, -0.2) is 49.7 Å². The number of piperidine rings is 1. The Morgan fingerprint density at radius 1 is 1.50 bits per heavy atom. The van der Waals surface area contributed by atoms with Gasteiger partial charge in [-0.1, -0.05) is 13.0 Å². The van der Waals surface area contributed by atoms with Crippen molar-refractivity contribution in [3.63, 3.8) is 0 Å². The number of rotatable bonds is 7. The van der Waals surface area contributed by atoms with Crippen LogP contribution in [0.25, 0.3) is 0 Å². The monoisotopic (exact) mass is 254 g/mol. The fourth-order valence-corrected chi connectivity index (χ4v) is 2.33. The Hall–Kier alpha value is -0.870. The molecule has 1 atom stereocenters. The summed E-state index contributed by atoms with van der Waals surface area (Å²) >= 11 is 0. The molecule has 18 heavy (non-hydrogen) atoms. The summed E-state index contributed by atoms with van der Waals surface area (Å²) in [6.45, 7) is 8.57. The smallest absolute Gasteiger partial charge is 0.330 e. The van der Waals surface area contributed by atoms with Crippen molar-refractivity contribution in [3.05, 3.63) is 12.2 Å². The van der Waals surface area contributed by atoms with Crippen LogP contribution in [0.4, 0.5) is 0 Å². The summed E-state index contributed by atoms with van der Waals surface area (Å²) in [4.78, 5) is 13.7. The zero-order valence-electron chi connectivity index (χ0n) is 11.7. The average Bonchev–Trinajstić information content (AvgIpc) is 2.39. The normalized spacial score (nSPS) is 20.5. The Labute approximate surface area is 110 Å². The fraction of sp³-hybridized carbons (Fsp3) is 0.786. The predicted molar refractivity (Wildman–Crippen MR) is 73.5 cm³/mol. The van der Waals surface area contributed by atoms with Crippen LogP contribution in [0.1, 0.15) is 33.1 Å². The number of esters is 1. The lowest BCUT2D eigenvalue weighted by atomic mass is 10.1. The Kier molecular flexibility index (Phi) is 7.69. The van der Waals surface area contributed by atoms with Crippen molar-refractivity contribution in [2.24, 2.45) is 0 Å². The molecule has 1 N–H and O–H groups in total. The SMILES string of the molecule is CCCN(C/C=C/C(=O)OCC)C1CCCNC1. The summed E-state index contributed by atoms with van der Waals surface area (Å²) in [6, 6.07) is 0.602. The van der Waals surface area contributed by atoms with Gasteiger partial charge in [-0.15, -0.1) is 0 Å². The van der Waals surface area contributed by atoms with Crippen molar-refractivity contribution < 1.29 is 9.53 Å². The zero-order chi connectivity index (χ0) is 13.2. The number of hydrogen-bond donors (Lipinski definition) is 1. The van der Waals surface area contributed by atoms with Gasteiger partial charge in [-0.2, -0.15) is 0 Å². The van der Waals surface area contributed by atoms with Gasteiger partial charge in [0.2, 0.25) is 0 Å². The first-order valence-electron chi connectivity index (χ1n) is 7.06. The van der Waals surface area contributed by atoms with Crippen molar-refractivity contribution in [2.45, 2.75) is 39.2 Å². The molecule has 1 heterocycles. The first kappa shape index (κ1) is 15.2. The number of hydrogen-bond acceptors (Lipinski definition) is 4. The minimum atomic E-state index is -0.240. The Bertz CT molecular complexity index is 261. The van der Waals surface area contributed by atoms with Crippen LogP contribution < -0.4 is 5.32 Å². The lowest BCUT2D eigenvalue weighted by Gasteiger charge is -2.33. The summed E-state index contributed by atoms with van der Waals surface area (Å²) in [5, 5.41) is 3.44. The number of ether oxygens (including phenoxy) is 1. The van der Waals surface area contributed by atoms with Crippen molar-refractivity contribution >= 4 is 5.97 Å². The van der Waals surface area contributed by atoms with E-state index in [0.717, 1.165) is 32.6 Å². The molecule has 1 aliphatic rings. The van der Waals surface area contributed by atoms with Gasteiger partial charge in [0.25, 0.3) is 0 Å². The van der Waals surface area contributed by atoms with Crippen LogP contribution in [0.5, 0.6) is 0 Å². The van der Waals surface area contributed by atoms with Crippen LogP contribution in [0.2, 0.25) is 0 Å². The van der Waals surface area contributed by atoms with E-state index in [4.69, 9.17) is 4.74 Å². The van der Waals surface area contributed by atoms with E-state index in [-0.39, 0.29) is 5.97 Å². The first-order valence-corrected chi connectivity index (χ1v) is 7.06. The lowest BCUT2D eigenvalue weighted by molar-refractivity contribution is -0.137. The maximum absolute atomic E-state index is 11.2. The summed E-state index contributed by atoms with van der Waals surface area (Å²) < 4.78 is 4.87. The number of carbonyl (C=O) groups excluding carboxylic acids is 1. The second-order valence-electron chi connectivity index (χ2n) is 4.65. The van der Waals surface area contributed by atoms with Crippen molar-refractivity contribution in [3.8, 4) is 0 Å². The molecule has 1 rings (SSSR count). The molecule has 0 bridgehead atoms. The van der Waals surface area contributed by atoms with E-state index < -0.39 is 0 Å². The van der Waals surface area contributed by atoms with Gasteiger partial charge in [-0.05, 0) is 39.3 Å². The van der Waals surface area contributed by atoms with Crippen LogP contribution in [0.3, 0.4) is 0 Å². The number of nitrogens with zero attached hydrogens (tertiary/aromatic N) is 1. The highest BCUT2D eigenvalue weighted by Gasteiger charge is 2.18. The molecular formula is C14H26N2O2. The van der Waals surface area contributed by atoms with Gasteiger partial charge >= 0.3 is 5.97 Å². The zero-order valence-corrected chi connectivity index (χ0v) is 11.7. The minimum absolute atomic E-state index is 0.240. The van der Waals surface area contributed by atoms with Crippen LogP contribution >= 0.6 is 0 Å². The van der Waals surface area contributed by atoms with Gasteiger partial charge in [0.05, 0.1) is 6.61 Å². The molecule has 0 aliphatic carbocycles. The average molecular weight is 254 g/mol. The third-order valence-corrected chi connectivity index (χ3v) is 3.18. The molecule has 1 fully saturated rings. The molecule has 0 aromatic carbocycles. The minimum Gasteiger partial charge on any atom is -0.463 e. The maximum atomic E-state index is 11.2. The van der Waals surface area contributed by atoms with Gasteiger partial charge in [-0.3, -0.25) is 4.90 Å². The Morgan fingerprint density at radius 3 is 2.94 bits per heavy atom. The lowest BCUT2D eigenvalue weighted by Crippen LogP contribution is -2.46. The van der Waals surface area contributed by atoms with Gasteiger partial charge in [0.15, 0.2) is 0 Å². The van der Waals surface area contributed by atoms with E-state index in [2.05, 4.69) is 17.1 Å². The highest BCUT2D eigenvalue weighted by Crippen LogP contribution is 2.10. The molecular weight excluding hydrogens is 228 g/mol.